The number of rotatable bonds is 2. The summed E-state index contributed by atoms with van der Waals surface area (Å²) in [4.78, 5) is 0. The summed E-state index contributed by atoms with van der Waals surface area (Å²) < 4.78 is 38.3. The quantitative estimate of drug-likeness (QED) is 0.860. The standard InChI is InChI=1S/C11H12ClF3N2/c12-6-1-2-10(9(3-6)11(13,14)15)17-8-4-7(16)5-8/h1-3,7-8,17H,4-5,16H2. The second-order valence-corrected chi connectivity index (χ2v) is 4.70. The minimum Gasteiger partial charge on any atom is -0.382 e. The van der Waals surface area contributed by atoms with Gasteiger partial charge < -0.3 is 11.1 Å². The first-order chi connectivity index (χ1) is 7.86. The van der Waals surface area contributed by atoms with Gasteiger partial charge in [-0.3, -0.25) is 0 Å². The van der Waals surface area contributed by atoms with Gasteiger partial charge in [-0.25, -0.2) is 0 Å². The monoisotopic (exact) mass is 264 g/mol. The van der Waals surface area contributed by atoms with Gasteiger partial charge in [-0.2, -0.15) is 13.2 Å². The molecule has 0 unspecified atom stereocenters. The van der Waals surface area contributed by atoms with Crippen LogP contribution in [0.3, 0.4) is 0 Å². The molecule has 0 heterocycles. The lowest BCUT2D eigenvalue weighted by atomic mass is 9.87. The van der Waals surface area contributed by atoms with Crippen LogP contribution in [-0.4, -0.2) is 12.1 Å². The third-order valence-electron chi connectivity index (χ3n) is 2.82. The zero-order valence-electron chi connectivity index (χ0n) is 8.89. The van der Waals surface area contributed by atoms with Crippen molar-refractivity contribution in [1.82, 2.24) is 0 Å². The zero-order valence-corrected chi connectivity index (χ0v) is 9.65. The van der Waals surface area contributed by atoms with E-state index < -0.39 is 11.7 Å². The minimum atomic E-state index is -4.40. The van der Waals surface area contributed by atoms with Crippen molar-refractivity contribution in [1.29, 1.82) is 0 Å². The van der Waals surface area contributed by atoms with Gasteiger partial charge in [-0.15, -0.1) is 0 Å². The molecule has 1 saturated carbocycles. The molecule has 0 aromatic heterocycles. The molecule has 0 bridgehead atoms. The summed E-state index contributed by atoms with van der Waals surface area (Å²) in [7, 11) is 0. The average Bonchev–Trinajstić information content (AvgIpc) is 2.16. The van der Waals surface area contributed by atoms with Crippen molar-refractivity contribution >= 4 is 17.3 Å². The maximum Gasteiger partial charge on any atom is 0.418 e. The molecule has 0 atom stereocenters. The molecule has 1 aliphatic carbocycles. The molecule has 2 nitrogen and oxygen atoms in total. The topological polar surface area (TPSA) is 38.0 Å². The van der Waals surface area contributed by atoms with Gasteiger partial charge in [0.2, 0.25) is 0 Å². The second-order valence-electron chi connectivity index (χ2n) is 4.26. The molecule has 2 rings (SSSR count). The number of hydrogen-bond acceptors (Lipinski definition) is 2. The predicted octanol–water partition coefficient (Wildman–Crippen LogP) is 3.26. The fourth-order valence-corrected chi connectivity index (χ4v) is 2.05. The largest absolute Gasteiger partial charge is 0.418 e. The van der Waals surface area contributed by atoms with Crippen LogP contribution in [0.25, 0.3) is 0 Å². The molecular formula is C11H12ClF3N2. The van der Waals surface area contributed by atoms with Crippen LogP contribution < -0.4 is 11.1 Å². The molecule has 1 aromatic rings. The Morgan fingerprint density at radius 3 is 2.47 bits per heavy atom. The SMILES string of the molecule is NC1CC(Nc2ccc(Cl)cc2C(F)(F)F)C1. The maximum absolute atomic E-state index is 12.8. The molecule has 1 aromatic carbocycles. The maximum atomic E-state index is 12.8. The van der Waals surface area contributed by atoms with Gasteiger partial charge >= 0.3 is 6.18 Å². The lowest BCUT2D eigenvalue weighted by molar-refractivity contribution is -0.137. The molecule has 0 saturated heterocycles. The van der Waals surface area contributed by atoms with Crippen LogP contribution in [0.5, 0.6) is 0 Å². The van der Waals surface area contributed by atoms with E-state index in [1.165, 1.54) is 12.1 Å². The lowest BCUT2D eigenvalue weighted by Crippen LogP contribution is -2.44. The number of benzene rings is 1. The van der Waals surface area contributed by atoms with Gasteiger partial charge in [-0.1, -0.05) is 11.6 Å². The predicted molar refractivity (Wildman–Crippen MR) is 61.1 cm³/mol. The molecule has 0 spiro atoms. The van der Waals surface area contributed by atoms with Crippen molar-refractivity contribution in [3.05, 3.63) is 28.8 Å². The molecule has 6 heteroatoms. The van der Waals surface area contributed by atoms with Crippen molar-refractivity contribution in [2.24, 2.45) is 5.73 Å². The number of halogens is 4. The van der Waals surface area contributed by atoms with E-state index in [0.29, 0.717) is 12.8 Å². The van der Waals surface area contributed by atoms with Gasteiger partial charge in [-0.05, 0) is 31.0 Å². The molecule has 0 amide bonds. The summed E-state index contributed by atoms with van der Waals surface area (Å²) in [6, 6.07) is 3.84. The number of alkyl halides is 3. The van der Waals surface area contributed by atoms with Crippen LogP contribution in [-0.2, 0) is 6.18 Å². The van der Waals surface area contributed by atoms with E-state index in [9.17, 15) is 13.2 Å². The Balaban J connectivity index is 2.21. The third kappa shape index (κ3) is 2.84. The van der Waals surface area contributed by atoms with E-state index in [0.717, 1.165) is 6.07 Å². The van der Waals surface area contributed by atoms with E-state index in [1.807, 2.05) is 0 Å². The third-order valence-corrected chi connectivity index (χ3v) is 3.06. The van der Waals surface area contributed by atoms with Crippen LogP contribution in [0, 0.1) is 0 Å². The number of nitrogens with one attached hydrogen (secondary N) is 1. The lowest BCUT2D eigenvalue weighted by Gasteiger charge is -2.34. The van der Waals surface area contributed by atoms with Crippen molar-refractivity contribution < 1.29 is 13.2 Å². The van der Waals surface area contributed by atoms with Gasteiger partial charge in [0.05, 0.1) is 5.56 Å². The van der Waals surface area contributed by atoms with E-state index in [2.05, 4.69) is 5.32 Å². The van der Waals surface area contributed by atoms with E-state index in [4.69, 9.17) is 17.3 Å². The molecule has 1 fully saturated rings. The molecule has 94 valence electrons. The molecule has 0 aliphatic heterocycles. The van der Waals surface area contributed by atoms with Gasteiger partial charge in [0.25, 0.3) is 0 Å². The van der Waals surface area contributed by atoms with Crippen molar-refractivity contribution in [2.75, 3.05) is 5.32 Å². The molecule has 17 heavy (non-hydrogen) atoms. The molecule has 3 N–H and O–H groups in total. The van der Waals surface area contributed by atoms with E-state index in [1.54, 1.807) is 0 Å². The summed E-state index contributed by atoms with van der Waals surface area (Å²) in [5.74, 6) is 0. The van der Waals surface area contributed by atoms with Gasteiger partial charge in [0.15, 0.2) is 0 Å². The highest BCUT2D eigenvalue weighted by molar-refractivity contribution is 6.30. The highest BCUT2D eigenvalue weighted by Gasteiger charge is 2.35. The summed E-state index contributed by atoms with van der Waals surface area (Å²) >= 11 is 5.58. The Kier molecular flexibility index (Phi) is 3.23. The number of nitrogens with two attached hydrogens (primary N) is 1. The molecular weight excluding hydrogens is 253 g/mol. The highest BCUT2D eigenvalue weighted by Crippen LogP contribution is 2.37. The first-order valence-corrected chi connectivity index (χ1v) is 5.63. The summed E-state index contributed by atoms with van der Waals surface area (Å²) in [6.45, 7) is 0. The average molecular weight is 265 g/mol. The fourth-order valence-electron chi connectivity index (χ4n) is 1.88. The Labute approximate surface area is 102 Å². The highest BCUT2D eigenvalue weighted by atomic mass is 35.5. The Bertz CT molecular complexity index is 414. The Morgan fingerprint density at radius 1 is 1.29 bits per heavy atom. The van der Waals surface area contributed by atoms with Crippen LogP contribution >= 0.6 is 11.6 Å². The van der Waals surface area contributed by atoms with Gasteiger partial charge in [0, 0.05) is 22.8 Å². The van der Waals surface area contributed by atoms with Crippen LogP contribution in [0.2, 0.25) is 5.02 Å². The minimum absolute atomic E-state index is 0.0206. The first-order valence-electron chi connectivity index (χ1n) is 5.25. The molecule has 1 aliphatic rings. The first kappa shape index (κ1) is 12.5. The summed E-state index contributed by atoms with van der Waals surface area (Å²) in [5.41, 5.74) is 4.92. The molecule has 0 radical (unpaired) electrons. The van der Waals surface area contributed by atoms with Crippen LogP contribution in [0.1, 0.15) is 18.4 Å². The van der Waals surface area contributed by atoms with E-state index >= 15 is 0 Å². The van der Waals surface area contributed by atoms with Crippen molar-refractivity contribution in [2.45, 2.75) is 31.1 Å². The summed E-state index contributed by atoms with van der Waals surface area (Å²) in [5, 5.41) is 2.93. The fraction of sp³-hybridized carbons (Fsp3) is 0.455. The Hall–Kier alpha value is -0.940. The second kappa shape index (κ2) is 4.38. The van der Waals surface area contributed by atoms with Crippen LogP contribution in [0.15, 0.2) is 18.2 Å². The van der Waals surface area contributed by atoms with Crippen molar-refractivity contribution in [3.63, 3.8) is 0 Å². The number of anilines is 1. The van der Waals surface area contributed by atoms with Crippen molar-refractivity contribution in [3.8, 4) is 0 Å². The normalized spacial score (nSPS) is 24.3. The summed E-state index contributed by atoms with van der Waals surface area (Å²) in [6.07, 6.45) is -3.01. The van der Waals surface area contributed by atoms with Gasteiger partial charge in [0.1, 0.15) is 0 Å². The zero-order chi connectivity index (χ0) is 12.6. The Morgan fingerprint density at radius 2 is 1.94 bits per heavy atom. The number of hydrogen-bond donors (Lipinski definition) is 2. The van der Waals surface area contributed by atoms with E-state index in [-0.39, 0.29) is 22.8 Å². The van der Waals surface area contributed by atoms with Crippen LogP contribution in [0.4, 0.5) is 18.9 Å². The smallest absolute Gasteiger partial charge is 0.382 e.